The van der Waals surface area contributed by atoms with E-state index < -0.39 is 0 Å². The van der Waals surface area contributed by atoms with Gasteiger partial charge in [-0.1, -0.05) is 5.16 Å². The van der Waals surface area contributed by atoms with Crippen molar-refractivity contribution in [2.45, 2.75) is 38.1 Å². The Kier molecular flexibility index (Phi) is 4.67. The van der Waals surface area contributed by atoms with Crippen molar-refractivity contribution in [2.24, 2.45) is 11.7 Å². The molecule has 3 heterocycles. The summed E-state index contributed by atoms with van der Waals surface area (Å²) in [5.41, 5.74) is 6.82. The highest BCUT2D eigenvalue weighted by Crippen LogP contribution is 2.27. The third-order valence-electron chi connectivity index (χ3n) is 5.67. The van der Waals surface area contributed by atoms with E-state index in [9.17, 15) is 0 Å². The first-order chi connectivity index (χ1) is 11.8. The Morgan fingerprint density at radius 1 is 1.12 bits per heavy atom. The van der Waals surface area contributed by atoms with Crippen LogP contribution >= 0.6 is 0 Å². The maximum Gasteiger partial charge on any atom is 0.181 e. The first kappa shape index (κ1) is 15.8. The lowest BCUT2D eigenvalue weighted by Gasteiger charge is -2.36. The summed E-state index contributed by atoms with van der Waals surface area (Å²) in [6, 6.07) is 2.33. The minimum Gasteiger partial charge on any atom is -0.354 e. The summed E-state index contributed by atoms with van der Waals surface area (Å²) in [6.45, 7) is 5.43. The van der Waals surface area contributed by atoms with E-state index in [-0.39, 0.29) is 0 Å². The van der Waals surface area contributed by atoms with Gasteiger partial charge in [0.15, 0.2) is 11.4 Å². The van der Waals surface area contributed by atoms with Crippen molar-refractivity contribution in [3.8, 4) is 0 Å². The molecule has 1 saturated carbocycles. The SMILES string of the molecule is NC1CCC(CCN2CCN(c3noc4ccncc34)CC2)CC1. The molecule has 2 fully saturated rings. The van der Waals surface area contributed by atoms with E-state index in [1.807, 2.05) is 12.3 Å². The Morgan fingerprint density at radius 3 is 2.71 bits per heavy atom. The maximum atomic E-state index is 6.00. The molecule has 1 aliphatic heterocycles. The van der Waals surface area contributed by atoms with E-state index >= 15 is 0 Å². The molecule has 2 aromatic rings. The van der Waals surface area contributed by atoms with Crippen LogP contribution < -0.4 is 10.6 Å². The van der Waals surface area contributed by atoms with Crippen LogP contribution in [0.1, 0.15) is 32.1 Å². The molecule has 6 nitrogen and oxygen atoms in total. The Balaban J connectivity index is 1.27. The van der Waals surface area contributed by atoms with Crippen molar-refractivity contribution in [1.29, 1.82) is 0 Å². The van der Waals surface area contributed by atoms with Crippen LogP contribution in [0, 0.1) is 5.92 Å². The van der Waals surface area contributed by atoms with Crippen LogP contribution in [0.5, 0.6) is 0 Å². The van der Waals surface area contributed by atoms with Gasteiger partial charge in [0.25, 0.3) is 0 Å². The van der Waals surface area contributed by atoms with E-state index in [0.717, 1.165) is 48.9 Å². The normalized spacial score (nSPS) is 26.1. The van der Waals surface area contributed by atoms with Crippen LogP contribution in [0.25, 0.3) is 11.0 Å². The van der Waals surface area contributed by atoms with E-state index in [1.54, 1.807) is 6.20 Å². The predicted molar refractivity (Wildman–Crippen MR) is 95.0 cm³/mol. The maximum absolute atomic E-state index is 6.00. The molecule has 6 heteroatoms. The Hall–Kier alpha value is -1.66. The second kappa shape index (κ2) is 7.07. The molecule has 1 saturated heterocycles. The number of nitrogens with two attached hydrogens (primary N) is 1. The van der Waals surface area contributed by atoms with E-state index in [0.29, 0.717) is 6.04 Å². The highest BCUT2D eigenvalue weighted by atomic mass is 16.5. The third-order valence-corrected chi connectivity index (χ3v) is 5.67. The van der Waals surface area contributed by atoms with Gasteiger partial charge in [-0.15, -0.1) is 0 Å². The fourth-order valence-corrected chi connectivity index (χ4v) is 4.02. The number of piperazine rings is 1. The average Bonchev–Trinajstić information content (AvgIpc) is 3.06. The first-order valence-electron chi connectivity index (χ1n) is 9.22. The summed E-state index contributed by atoms with van der Waals surface area (Å²) in [6.07, 6.45) is 9.98. The topological polar surface area (TPSA) is 71.4 Å². The Labute approximate surface area is 143 Å². The lowest BCUT2D eigenvalue weighted by molar-refractivity contribution is 0.216. The molecule has 0 aromatic carbocycles. The quantitative estimate of drug-likeness (QED) is 0.928. The number of nitrogens with zero attached hydrogens (tertiary/aromatic N) is 4. The number of aromatic nitrogens is 2. The molecule has 0 atom stereocenters. The van der Waals surface area contributed by atoms with Gasteiger partial charge in [-0.2, -0.15) is 0 Å². The molecule has 0 amide bonds. The molecule has 0 radical (unpaired) electrons. The second-order valence-electron chi connectivity index (χ2n) is 7.28. The van der Waals surface area contributed by atoms with Crippen LogP contribution in [0.3, 0.4) is 0 Å². The van der Waals surface area contributed by atoms with E-state index in [2.05, 4.69) is 19.9 Å². The fraction of sp³-hybridized carbons (Fsp3) is 0.667. The molecule has 1 aliphatic carbocycles. The fourth-order valence-electron chi connectivity index (χ4n) is 4.02. The number of hydrogen-bond donors (Lipinski definition) is 1. The minimum absolute atomic E-state index is 0.455. The zero-order valence-electron chi connectivity index (χ0n) is 14.2. The van der Waals surface area contributed by atoms with E-state index in [1.165, 1.54) is 38.6 Å². The number of fused-ring (bicyclic) bond motifs is 1. The standard InChI is InChI=1S/C18H27N5O/c19-15-3-1-14(2-4-15)6-8-22-9-11-23(12-10-22)18-16-13-20-7-5-17(16)24-21-18/h5,7,13-15H,1-4,6,8-12,19H2. The van der Waals surface area contributed by atoms with Gasteiger partial charge in [-0.3, -0.25) is 9.88 Å². The zero-order valence-corrected chi connectivity index (χ0v) is 14.2. The highest BCUT2D eigenvalue weighted by Gasteiger charge is 2.23. The summed E-state index contributed by atoms with van der Waals surface area (Å²) in [5.74, 6) is 1.83. The van der Waals surface area contributed by atoms with Crippen LogP contribution in [0.2, 0.25) is 0 Å². The molecule has 0 unspecified atom stereocenters. The van der Waals surface area contributed by atoms with Gasteiger partial charge < -0.3 is 15.2 Å². The van der Waals surface area contributed by atoms with Gasteiger partial charge in [0.2, 0.25) is 0 Å². The molecule has 2 N–H and O–H groups in total. The predicted octanol–water partition coefficient (Wildman–Crippen LogP) is 2.25. The lowest BCUT2D eigenvalue weighted by Crippen LogP contribution is -2.47. The number of pyridine rings is 1. The van der Waals surface area contributed by atoms with Crippen molar-refractivity contribution >= 4 is 16.8 Å². The van der Waals surface area contributed by atoms with Gasteiger partial charge in [0.1, 0.15) is 0 Å². The summed E-state index contributed by atoms with van der Waals surface area (Å²) >= 11 is 0. The van der Waals surface area contributed by atoms with Crippen molar-refractivity contribution in [2.75, 3.05) is 37.6 Å². The van der Waals surface area contributed by atoms with Gasteiger partial charge in [-0.05, 0) is 44.6 Å². The lowest BCUT2D eigenvalue weighted by atomic mass is 9.84. The molecule has 130 valence electrons. The molecule has 24 heavy (non-hydrogen) atoms. The minimum atomic E-state index is 0.455. The van der Waals surface area contributed by atoms with Crippen LogP contribution in [-0.4, -0.2) is 53.8 Å². The second-order valence-corrected chi connectivity index (χ2v) is 7.28. The molecular formula is C18H27N5O. The van der Waals surface area contributed by atoms with Crippen LogP contribution in [0.4, 0.5) is 5.82 Å². The summed E-state index contributed by atoms with van der Waals surface area (Å²) in [5, 5.41) is 5.27. The molecule has 2 aromatic heterocycles. The van der Waals surface area contributed by atoms with Crippen LogP contribution in [-0.2, 0) is 0 Å². The molecule has 2 aliphatic rings. The average molecular weight is 329 g/mol. The van der Waals surface area contributed by atoms with Gasteiger partial charge in [0, 0.05) is 50.7 Å². The number of anilines is 1. The zero-order chi connectivity index (χ0) is 16.4. The third kappa shape index (κ3) is 3.39. The highest BCUT2D eigenvalue weighted by molar-refractivity contribution is 5.87. The summed E-state index contributed by atoms with van der Waals surface area (Å²) in [7, 11) is 0. The monoisotopic (exact) mass is 329 g/mol. The molecule has 0 spiro atoms. The smallest absolute Gasteiger partial charge is 0.181 e. The Bertz CT molecular complexity index is 656. The van der Waals surface area contributed by atoms with Crippen LogP contribution in [0.15, 0.2) is 23.0 Å². The van der Waals surface area contributed by atoms with Gasteiger partial charge in [-0.25, -0.2) is 0 Å². The van der Waals surface area contributed by atoms with Crippen molar-refractivity contribution < 1.29 is 4.52 Å². The summed E-state index contributed by atoms with van der Waals surface area (Å²) in [4.78, 5) is 9.11. The first-order valence-corrected chi connectivity index (χ1v) is 9.22. The van der Waals surface area contributed by atoms with Gasteiger partial charge in [0.05, 0.1) is 5.39 Å². The van der Waals surface area contributed by atoms with Crippen molar-refractivity contribution in [3.05, 3.63) is 18.5 Å². The van der Waals surface area contributed by atoms with Crippen molar-refractivity contribution in [1.82, 2.24) is 15.0 Å². The molecule has 4 rings (SSSR count). The number of hydrogen-bond acceptors (Lipinski definition) is 6. The molecule has 0 bridgehead atoms. The van der Waals surface area contributed by atoms with Crippen molar-refractivity contribution in [3.63, 3.8) is 0 Å². The number of rotatable bonds is 4. The van der Waals surface area contributed by atoms with Gasteiger partial charge >= 0.3 is 0 Å². The Morgan fingerprint density at radius 2 is 1.92 bits per heavy atom. The van der Waals surface area contributed by atoms with E-state index in [4.69, 9.17) is 10.3 Å². The summed E-state index contributed by atoms with van der Waals surface area (Å²) < 4.78 is 5.41. The largest absolute Gasteiger partial charge is 0.354 e. The molecular weight excluding hydrogens is 302 g/mol.